The van der Waals surface area contributed by atoms with E-state index in [1.165, 1.54) is 12.2 Å². The van der Waals surface area contributed by atoms with Crippen LogP contribution in [0.1, 0.15) is 43.7 Å². The molecule has 1 heterocycles. The van der Waals surface area contributed by atoms with Crippen molar-refractivity contribution in [2.45, 2.75) is 51.4 Å². The van der Waals surface area contributed by atoms with E-state index in [9.17, 15) is 14.7 Å². The third-order valence-corrected chi connectivity index (χ3v) is 5.10. The number of hydrogen-bond acceptors (Lipinski definition) is 5. The van der Waals surface area contributed by atoms with Gasteiger partial charge in [-0.25, -0.2) is 9.90 Å². The maximum Gasteiger partial charge on any atom is 0.282 e. The smallest absolute Gasteiger partial charge is 0.282 e. The van der Waals surface area contributed by atoms with E-state index >= 15 is 0 Å². The Labute approximate surface area is 147 Å². The Morgan fingerprint density at radius 1 is 1.20 bits per heavy atom. The van der Waals surface area contributed by atoms with Gasteiger partial charge >= 0.3 is 0 Å². The van der Waals surface area contributed by atoms with Gasteiger partial charge in [0.15, 0.2) is 6.29 Å². The van der Waals surface area contributed by atoms with Crippen LogP contribution < -0.4 is 0 Å². The number of carbonyl (C=O) groups is 2. The number of aliphatic hydroxyl groups is 1. The molecule has 6 nitrogen and oxygen atoms in total. The minimum Gasteiger partial charge on any atom is -0.509 e. The lowest BCUT2D eigenvalue weighted by Crippen LogP contribution is -2.52. The first-order chi connectivity index (χ1) is 11.9. The number of carbonyl (C=O) groups excluding carboxylic acids is 2. The number of aryl methyl sites for hydroxylation is 1. The molecular formula is C19H23NO5. The van der Waals surface area contributed by atoms with Gasteiger partial charge in [0.1, 0.15) is 17.1 Å². The van der Waals surface area contributed by atoms with Crippen molar-refractivity contribution in [2.24, 2.45) is 0 Å². The van der Waals surface area contributed by atoms with Gasteiger partial charge in [-0.2, -0.15) is 0 Å². The summed E-state index contributed by atoms with van der Waals surface area (Å²) in [7, 11) is 1.48. The van der Waals surface area contributed by atoms with Crippen LogP contribution in [-0.4, -0.2) is 40.8 Å². The molecule has 0 aromatic heterocycles. The molecule has 6 heteroatoms. The van der Waals surface area contributed by atoms with E-state index < -0.39 is 17.7 Å². The molecule has 0 saturated heterocycles. The Balaban J connectivity index is 2.09. The lowest BCUT2D eigenvalue weighted by molar-refractivity contribution is -0.283. The summed E-state index contributed by atoms with van der Waals surface area (Å²) in [6.45, 7) is 3.57. The molecule has 0 radical (unpaired) electrons. The van der Waals surface area contributed by atoms with Crippen LogP contribution in [0.2, 0.25) is 0 Å². The normalized spacial score (nSPS) is 21.3. The van der Waals surface area contributed by atoms with Crippen LogP contribution in [0, 0.1) is 6.92 Å². The number of methoxy groups -OCH3 is 1. The molecule has 1 aromatic rings. The molecule has 3 rings (SSSR count). The summed E-state index contributed by atoms with van der Waals surface area (Å²) >= 11 is 0. The molecular weight excluding hydrogens is 322 g/mol. The van der Waals surface area contributed by atoms with Crippen molar-refractivity contribution in [3.8, 4) is 0 Å². The first-order valence-corrected chi connectivity index (χ1v) is 8.46. The predicted octanol–water partition coefficient (Wildman–Crippen LogP) is 2.91. The van der Waals surface area contributed by atoms with Crippen LogP contribution >= 0.6 is 0 Å². The molecule has 1 aliphatic heterocycles. The third kappa shape index (κ3) is 2.85. The zero-order chi connectivity index (χ0) is 18.2. The standard InChI is InChI=1S/C19H23NO5/c1-12-6-4-5-7-15(12)16-17(22)19(10-8-14(21)9-11-19)20(18(16)23)25-13(2)24-3/h4-7,13,22H,8-11H2,1-3H3. The van der Waals surface area contributed by atoms with Gasteiger partial charge in [-0.3, -0.25) is 9.59 Å². The van der Waals surface area contributed by atoms with Gasteiger partial charge in [-0.1, -0.05) is 24.3 Å². The molecule has 2 aliphatic rings. The molecule has 1 saturated carbocycles. The largest absolute Gasteiger partial charge is 0.509 e. The average molecular weight is 345 g/mol. The van der Waals surface area contributed by atoms with Crippen LogP contribution in [0.15, 0.2) is 30.0 Å². The summed E-state index contributed by atoms with van der Waals surface area (Å²) < 4.78 is 5.13. The Hall–Kier alpha value is -2.18. The van der Waals surface area contributed by atoms with Gasteiger partial charge in [-0.15, -0.1) is 0 Å². The molecule has 1 atom stereocenters. The lowest BCUT2D eigenvalue weighted by Gasteiger charge is -2.40. The molecule has 1 aliphatic carbocycles. The molecule has 25 heavy (non-hydrogen) atoms. The number of aliphatic hydroxyl groups excluding tert-OH is 1. The molecule has 1 aromatic carbocycles. The van der Waals surface area contributed by atoms with Gasteiger partial charge in [0.25, 0.3) is 5.91 Å². The fourth-order valence-corrected chi connectivity index (χ4v) is 3.54. The zero-order valence-corrected chi connectivity index (χ0v) is 14.7. The number of Topliss-reactive ketones (excluding diaryl/α,β-unsaturated/α-hetero) is 1. The number of ketones is 1. The first kappa shape index (κ1) is 17.6. The van der Waals surface area contributed by atoms with E-state index in [2.05, 4.69) is 0 Å². The van der Waals surface area contributed by atoms with E-state index in [1.54, 1.807) is 6.92 Å². The van der Waals surface area contributed by atoms with E-state index in [-0.39, 0.29) is 17.1 Å². The van der Waals surface area contributed by atoms with Crippen LogP contribution in [0.25, 0.3) is 5.57 Å². The van der Waals surface area contributed by atoms with Crippen molar-refractivity contribution in [1.29, 1.82) is 0 Å². The summed E-state index contributed by atoms with van der Waals surface area (Å²) in [5, 5.41) is 12.3. The van der Waals surface area contributed by atoms with Gasteiger partial charge in [-0.05, 0) is 37.8 Å². The zero-order valence-electron chi connectivity index (χ0n) is 14.7. The highest BCUT2D eigenvalue weighted by atomic mass is 16.8. The second kappa shape index (κ2) is 6.61. The maximum atomic E-state index is 13.1. The number of nitrogens with zero attached hydrogens (tertiary/aromatic N) is 1. The Kier molecular flexibility index (Phi) is 4.67. The van der Waals surface area contributed by atoms with E-state index in [4.69, 9.17) is 9.57 Å². The van der Waals surface area contributed by atoms with Crippen LogP contribution in [0.4, 0.5) is 0 Å². The minimum atomic E-state index is -1.00. The van der Waals surface area contributed by atoms with Crippen LogP contribution in [0.5, 0.6) is 0 Å². The lowest BCUT2D eigenvalue weighted by atomic mass is 9.79. The maximum absolute atomic E-state index is 13.1. The minimum absolute atomic E-state index is 0.0115. The second-order valence-electron chi connectivity index (χ2n) is 6.62. The van der Waals surface area contributed by atoms with Crippen molar-refractivity contribution < 1.29 is 24.3 Å². The molecule has 134 valence electrons. The van der Waals surface area contributed by atoms with Gasteiger partial charge in [0.05, 0.1) is 5.57 Å². The topological polar surface area (TPSA) is 76.1 Å². The molecule has 1 N–H and O–H groups in total. The van der Waals surface area contributed by atoms with Crippen LogP contribution in [-0.2, 0) is 19.2 Å². The van der Waals surface area contributed by atoms with E-state index in [0.717, 1.165) is 5.56 Å². The number of amides is 1. The van der Waals surface area contributed by atoms with Crippen molar-refractivity contribution in [3.05, 3.63) is 41.2 Å². The summed E-state index contributed by atoms with van der Waals surface area (Å²) in [5.41, 5.74) is 0.810. The predicted molar refractivity (Wildman–Crippen MR) is 91.3 cm³/mol. The van der Waals surface area contributed by atoms with Crippen molar-refractivity contribution in [1.82, 2.24) is 5.06 Å². The van der Waals surface area contributed by atoms with Gasteiger partial charge in [0.2, 0.25) is 0 Å². The number of ether oxygens (including phenoxy) is 1. The summed E-state index contributed by atoms with van der Waals surface area (Å²) in [6, 6.07) is 7.41. The van der Waals surface area contributed by atoms with E-state index in [1.807, 2.05) is 31.2 Å². The van der Waals surface area contributed by atoms with E-state index in [0.29, 0.717) is 31.2 Å². The Morgan fingerprint density at radius 3 is 2.44 bits per heavy atom. The highest BCUT2D eigenvalue weighted by Crippen LogP contribution is 2.47. The van der Waals surface area contributed by atoms with Gasteiger partial charge in [0, 0.05) is 20.0 Å². The number of rotatable bonds is 4. The Bertz CT molecular complexity index is 729. The number of hydroxylamine groups is 2. The summed E-state index contributed by atoms with van der Waals surface area (Å²) in [6.07, 6.45) is 0.645. The van der Waals surface area contributed by atoms with Crippen molar-refractivity contribution in [2.75, 3.05) is 7.11 Å². The van der Waals surface area contributed by atoms with Gasteiger partial charge < -0.3 is 9.84 Å². The fraction of sp³-hybridized carbons (Fsp3) is 0.474. The Morgan fingerprint density at radius 2 is 1.84 bits per heavy atom. The highest BCUT2D eigenvalue weighted by molar-refractivity contribution is 6.23. The third-order valence-electron chi connectivity index (χ3n) is 5.10. The van der Waals surface area contributed by atoms with Crippen molar-refractivity contribution >= 4 is 17.3 Å². The SMILES string of the molecule is COC(C)ON1C(=O)C(c2ccccc2C)=C(O)C12CCC(=O)CC2. The summed E-state index contributed by atoms with van der Waals surface area (Å²) in [5.74, 6) is -0.275. The number of benzene rings is 1. The monoisotopic (exact) mass is 345 g/mol. The number of hydrogen-bond donors (Lipinski definition) is 1. The first-order valence-electron chi connectivity index (χ1n) is 8.46. The van der Waals surface area contributed by atoms with Crippen molar-refractivity contribution in [3.63, 3.8) is 0 Å². The molecule has 1 amide bonds. The quantitative estimate of drug-likeness (QED) is 0.849. The van der Waals surface area contributed by atoms with Crippen LogP contribution in [0.3, 0.4) is 0 Å². The highest BCUT2D eigenvalue weighted by Gasteiger charge is 2.55. The molecule has 1 unspecified atom stereocenters. The average Bonchev–Trinajstić information content (AvgIpc) is 2.79. The molecule has 1 spiro atoms. The molecule has 0 bridgehead atoms. The molecule has 1 fully saturated rings. The fourth-order valence-electron chi connectivity index (χ4n) is 3.54. The summed E-state index contributed by atoms with van der Waals surface area (Å²) in [4.78, 5) is 30.5. The second-order valence-corrected chi connectivity index (χ2v) is 6.62.